The van der Waals surface area contributed by atoms with E-state index in [1.807, 2.05) is 108 Å². The number of hydrogen-bond donors (Lipinski definition) is 1. The topological polar surface area (TPSA) is 58.6 Å². The van der Waals surface area contributed by atoms with Crippen molar-refractivity contribution in [2.24, 2.45) is 0 Å². The smallest absolute Gasteiger partial charge is 0.261 e. The van der Waals surface area contributed by atoms with Crippen LogP contribution in [0.3, 0.4) is 0 Å². The number of rotatable bonds is 9. The number of ether oxygens (including phenoxy) is 1. The van der Waals surface area contributed by atoms with Crippen molar-refractivity contribution in [2.75, 3.05) is 6.61 Å². The van der Waals surface area contributed by atoms with Crippen molar-refractivity contribution in [1.29, 1.82) is 0 Å². The number of carbonyl (C=O) groups is 2. The second kappa shape index (κ2) is 12.4. The summed E-state index contributed by atoms with van der Waals surface area (Å²) < 4.78 is 6.98. The quantitative estimate of drug-likeness (QED) is 0.331. The summed E-state index contributed by atoms with van der Waals surface area (Å²) in [6.45, 7) is 12.0. The normalized spacial score (nSPS) is 12.1. The number of carbonyl (C=O) groups excluding carboxylic acids is 2. The molecule has 0 bridgehead atoms. The molecule has 1 N–H and O–H groups in total. The third-order valence-electron chi connectivity index (χ3n) is 6.02. The van der Waals surface area contributed by atoms with Gasteiger partial charge in [0.05, 0.1) is 0 Å². The van der Waals surface area contributed by atoms with E-state index in [9.17, 15) is 9.59 Å². The van der Waals surface area contributed by atoms with Crippen LogP contribution in [0.5, 0.6) is 5.75 Å². The van der Waals surface area contributed by atoms with Crippen LogP contribution in [0.2, 0.25) is 0 Å². The first-order valence-corrected chi connectivity index (χ1v) is 13.3. The summed E-state index contributed by atoms with van der Waals surface area (Å²) >= 11 is 3.57. The Bertz CT molecular complexity index is 1190. The van der Waals surface area contributed by atoms with Crippen LogP contribution in [0.4, 0.5) is 0 Å². The highest BCUT2D eigenvalue weighted by atomic mass is 79.9. The van der Waals surface area contributed by atoms with Crippen LogP contribution in [0.25, 0.3) is 0 Å². The minimum Gasteiger partial charge on any atom is -0.484 e. The van der Waals surface area contributed by atoms with Crippen LogP contribution in [-0.2, 0) is 22.6 Å². The lowest BCUT2D eigenvalue weighted by Gasteiger charge is -2.33. The maximum atomic E-state index is 13.7. The third-order valence-corrected chi connectivity index (χ3v) is 7.27. The van der Waals surface area contributed by atoms with Gasteiger partial charge in [0, 0.05) is 23.0 Å². The standard InChI is InChI=1S/C31H37BrN2O3/c1-21-12-14-25(15-13-21)19-34(28(35)20-37-26-16-22(2)29(32)23(3)17-26)27(30(36)33-31(4,5)6)18-24-10-8-7-9-11-24/h7-17,27H,18-20H2,1-6H3,(H,33,36)/t27-/m1/s1. The summed E-state index contributed by atoms with van der Waals surface area (Å²) in [6.07, 6.45) is 0.400. The van der Waals surface area contributed by atoms with Gasteiger partial charge >= 0.3 is 0 Å². The first kappa shape index (κ1) is 28.5. The molecule has 5 nitrogen and oxygen atoms in total. The first-order valence-electron chi connectivity index (χ1n) is 12.5. The Balaban J connectivity index is 1.94. The molecule has 0 aliphatic carbocycles. The van der Waals surface area contributed by atoms with Crippen LogP contribution in [0.15, 0.2) is 71.2 Å². The van der Waals surface area contributed by atoms with Crippen molar-refractivity contribution in [3.05, 3.63) is 99.0 Å². The summed E-state index contributed by atoms with van der Waals surface area (Å²) in [5.74, 6) is 0.191. The van der Waals surface area contributed by atoms with Gasteiger partial charge in [0.2, 0.25) is 5.91 Å². The molecule has 0 fully saturated rings. The van der Waals surface area contributed by atoms with Crippen LogP contribution in [-0.4, -0.2) is 34.9 Å². The van der Waals surface area contributed by atoms with Crippen molar-refractivity contribution < 1.29 is 14.3 Å². The van der Waals surface area contributed by atoms with Crippen LogP contribution < -0.4 is 10.1 Å². The minimum absolute atomic E-state index is 0.166. The number of benzene rings is 3. The van der Waals surface area contributed by atoms with E-state index >= 15 is 0 Å². The van der Waals surface area contributed by atoms with E-state index in [0.717, 1.165) is 32.3 Å². The van der Waals surface area contributed by atoms with Gasteiger partial charge in [0.25, 0.3) is 5.91 Å². The Morgan fingerprint density at radius 3 is 2.08 bits per heavy atom. The highest BCUT2D eigenvalue weighted by Crippen LogP contribution is 2.26. The average molecular weight is 566 g/mol. The van der Waals surface area contributed by atoms with Gasteiger partial charge in [-0.15, -0.1) is 0 Å². The number of aryl methyl sites for hydroxylation is 3. The predicted octanol–water partition coefficient (Wildman–Crippen LogP) is 6.31. The molecule has 3 aromatic rings. The van der Waals surface area contributed by atoms with Gasteiger partial charge in [-0.2, -0.15) is 0 Å². The second-order valence-corrected chi connectivity index (χ2v) is 11.4. The molecule has 0 heterocycles. The van der Waals surface area contributed by atoms with E-state index in [-0.39, 0.29) is 18.4 Å². The molecule has 196 valence electrons. The molecular formula is C31H37BrN2O3. The van der Waals surface area contributed by atoms with Crippen LogP contribution in [0, 0.1) is 20.8 Å². The summed E-state index contributed by atoms with van der Waals surface area (Å²) in [4.78, 5) is 29.0. The fourth-order valence-electron chi connectivity index (χ4n) is 4.11. The highest BCUT2D eigenvalue weighted by molar-refractivity contribution is 9.10. The minimum atomic E-state index is -0.701. The summed E-state index contributed by atoms with van der Waals surface area (Å²) in [7, 11) is 0. The molecule has 0 aliphatic heterocycles. The Morgan fingerprint density at radius 1 is 0.919 bits per heavy atom. The Morgan fingerprint density at radius 2 is 1.51 bits per heavy atom. The molecule has 3 aromatic carbocycles. The predicted molar refractivity (Wildman–Crippen MR) is 153 cm³/mol. The Labute approximate surface area is 229 Å². The lowest BCUT2D eigenvalue weighted by atomic mass is 10.0. The van der Waals surface area contributed by atoms with Crippen LogP contribution >= 0.6 is 15.9 Å². The van der Waals surface area contributed by atoms with E-state index in [4.69, 9.17) is 4.74 Å². The zero-order valence-electron chi connectivity index (χ0n) is 22.6. The molecule has 0 radical (unpaired) electrons. The fourth-order valence-corrected chi connectivity index (χ4v) is 4.34. The molecule has 37 heavy (non-hydrogen) atoms. The van der Waals surface area contributed by atoms with Gasteiger partial charge in [-0.25, -0.2) is 0 Å². The molecular weight excluding hydrogens is 528 g/mol. The summed E-state index contributed by atoms with van der Waals surface area (Å²) in [6, 6.07) is 20.9. The van der Waals surface area contributed by atoms with Gasteiger partial charge < -0.3 is 15.0 Å². The SMILES string of the molecule is Cc1ccc(CN(C(=O)COc2cc(C)c(Br)c(C)c2)[C@H](Cc2ccccc2)C(=O)NC(C)(C)C)cc1. The molecule has 0 spiro atoms. The average Bonchev–Trinajstić information content (AvgIpc) is 2.83. The summed E-state index contributed by atoms with van der Waals surface area (Å²) in [5.41, 5.74) is 4.70. The Kier molecular flexibility index (Phi) is 9.55. The number of halogens is 1. The zero-order valence-corrected chi connectivity index (χ0v) is 24.2. The molecule has 0 aliphatic rings. The highest BCUT2D eigenvalue weighted by Gasteiger charge is 2.32. The lowest BCUT2D eigenvalue weighted by Crippen LogP contribution is -2.55. The molecule has 6 heteroatoms. The summed E-state index contributed by atoms with van der Waals surface area (Å²) in [5, 5.41) is 3.09. The molecule has 0 unspecified atom stereocenters. The van der Waals surface area contributed by atoms with Gasteiger partial charge in [0.15, 0.2) is 6.61 Å². The van der Waals surface area contributed by atoms with E-state index in [1.165, 1.54) is 0 Å². The molecule has 0 saturated heterocycles. The molecule has 0 aromatic heterocycles. The van der Waals surface area contributed by atoms with Gasteiger partial charge in [-0.05, 0) is 75.9 Å². The first-order chi connectivity index (χ1) is 17.4. The van der Waals surface area contributed by atoms with Gasteiger partial charge in [-0.3, -0.25) is 9.59 Å². The van der Waals surface area contributed by atoms with E-state index in [0.29, 0.717) is 18.7 Å². The maximum Gasteiger partial charge on any atom is 0.261 e. The van der Waals surface area contributed by atoms with Crippen molar-refractivity contribution >= 4 is 27.7 Å². The van der Waals surface area contributed by atoms with Crippen molar-refractivity contribution in [3.8, 4) is 5.75 Å². The number of amides is 2. The fraction of sp³-hybridized carbons (Fsp3) is 0.355. The van der Waals surface area contributed by atoms with Crippen molar-refractivity contribution in [2.45, 2.75) is 66.1 Å². The van der Waals surface area contributed by atoms with Crippen LogP contribution in [0.1, 0.15) is 48.6 Å². The Hall–Kier alpha value is -3.12. The maximum absolute atomic E-state index is 13.7. The van der Waals surface area contributed by atoms with E-state index in [1.54, 1.807) is 4.90 Å². The number of hydrogen-bond acceptors (Lipinski definition) is 3. The molecule has 1 atom stereocenters. The van der Waals surface area contributed by atoms with Crippen molar-refractivity contribution in [1.82, 2.24) is 10.2 Å². The number of nitrogens with zero attached hydrogens (tertiary/aromatic N) is 1. The number of nitrogens with one attached hydrogen (secondary N) is 1. The van der Waals surface area contributed by atoms with E-state index < -0.39 is 11.6 Å². The molecule has 0 saturated carbocycles. The van der Waals surface area contributed by atoms with Gasteiger partial charge in [0.1, 0.15) is 11.8 Å². The monoisotopic (exact) mass is 564 g/mol. The zero-order chi connectivity index (χ0) is 27.2. The molecule has 3 rings (SSSR count). The lowest BCUT2D eigenvalue weighted by molar-refractivity contribution is -0.143. The molecule has 2 amide bonds. The second-order valence-electron chi connectivity index (χ2n) is 10.6. The van der Waals surface area contributed by atoms with E-state index in [2.05, 4.69) is 21.2 Å². The van der Waals surface area contributed by atoms with Gasteiger partial charge in [-0.1, -0.05) is 76.1 Å². The largest absolute Gasteiger partial charge is 0.484 e. The third kappa shape index (κ3) is 8.46. The van der Waals surface area contributed by atoms with Crippen molar-refractivity contribution in [3.63, 3.8) is 0 Å².